The van der Waals surface area contributed by atoms with Crippen LogP contribution in [-0.4, -0.2) is 44.2 Å². The van der Waals surface area contributed by atoms with E-state index in [1.165, 1.54) is 0 Å². The molecule has 0 radical (unpaired) electrons. The topological polar surface area (TPSA) is 76.7 Å². The Morgan fingerprint density at radius 1 is 1.41 bits per heavy atom. The standard InChI is InChI=1S/C20H25ClN2O4/c1-26-10-4-9-22-19(24)14-7-8-17-16(11-14)23-20(25)18(27-17)12-13-5-2-3-6-15(13)21/h2-3,5-6,12,14,16-17H,4,7-11H2,1H3,(H,22,24)(H,23,25)/b18-12+. The van der Waals surface area contributed by atoms with Crippen molar-refractivity contribution in [3.8, 4) is 0 Å². The summed E-state index contributed by atoms with van der Waals surface area (Å²) in [4.78, 5) is 24.8. The van der Waals surface area contributed by atoms with E-state index in [9.17, 15) is 9.59 Å². The summed E-state index contributed by atoms with van der Waals surface area (Å²) in [6, 6.07) is 7.16. The van der Waals surface area contributed by atoms with Crippen molar-refractivity contribution in [2.45, 2.75) is 37.8 Å². The summed E-state index contributed by atoms with van der Waals surface area (Å²) in [5, 5.41) is 6.50. The fourth-order valence-electron chi connectivity index (χ4n) is 3.54. The van der Waals surface area contributed by atoms with Gasteiger partial charge in [-0.2, -0.15) is 0 Å². The van der Waals surface area contributed by atoms with E-state index in [2.05, 4.69) is 10.6 Å². The van der Waals surface area contributed by atoms with Gasteiger partial charge in [0, 0.05) is 31.2 Å². The van der Waals surface area contributed by atoms with Crippen molar-refractivity contribution in [1.29, 1.82) is 0 Å². The molecule has 2 aliphatic rings. The van der Waals surface area contributed by atoms with E-state index in [-0.39, 0.29) is 35.6 Å². The number of ether oxygens (including phenoxy) is 2. The predicted octanol–water partition coefficient (Wildman–Crippen LogP) is 2.52. The van der Waals surface area contributed by atoms with Gasteiger partial charge in [-0.05, 0) is 43.4 Å². The molecule has 27 heavy (non-hydrogen) atoms. The second kappa shape index (κ2) is 9.24. The normalized spacial score (nSPS) is 26.1. The average molecular weight is 393 g/mol. The lowest BCUT2D eigenvalue weighted by atomic mass is 9.82. The molecule has 1 heterocycles. The van der Waals surface area contributed by atoms with Crippen molar-refractivity contribution in [3.63, 3.8) is 0 Å². The number of hydrogen-bond donors (Lipinski definition) is 2. The molecule has 3 atom stereocenters. The molecule has 7 heteroatoms. The zero-order valence-electron chi connectivity index (χ0n) is 15.4. The minimum atomic E-state index is -0.266. The van der Waals surface area contributed by atoms with E-state index in [4.69, 9.17) is 21.1 Å². The van der Waals surface area contributed by atoms with Crippen LogP contribution in [0.3, 0.4) is 0 Å². The molecule has 0 spiro atoms. The molecule has 0 aromatic heterocycles. The molecule has 1 saturated heterocycles. The summed E-state index contributed by atoms with van der Waals surface area (Å²) in [6.45, 7) is 1.23. The summed E-state index contributed by atoms with van der Waals surface area (Å²) in [6.07, 6.45) is 4.40. The number of nitrogens with one attached hydrogen (secondary N) is 2. The monoisotopic (exact) mass is 392 g/mol. The van der Waals surface area contributed by atoms with Gasteiger partial charge < -0.3 is 20.1 Å². The summed E-state index contributed by atoms with van der Waals surface area (Å²) in [5.74, 6) is -0.0628. The quantitative estimate of drug-likeness (QED) is 0.576. The summed E-state index contributed by atoms with van der Waals surface area (Å²) in [5.41, 5.74) is 0.742. The fourth-order valence-corrected chi connectivity index (χ4v) is 3.73. The van der Waals surface area contributed by atoms with Crippen molar-refractivity contribution < 1.29 is 19.1 Å². The maximum absolute atomic E-state index is 12.4. The SMILES string of the molecule is COCCCNC(=O)C1CCC2O/C(=C/c3ccccc3Cl)C(=O)NC2C1. The number of amides is 2. The zero-order chi connectivity index (χ0) is 19.2. The minimum absolute atomic E-state index is 0.0382. The molecule has 2 N–H and O–H groups in total. The number of carbonyl (C=O) groups is 2. The number of rotatable bonds is 6. The molecule has 1 aliphatic carbocycles. The summed E-state index contributed by atoms with van der Waals surface area (Å²) >= 11 is 6.16. The zero-order valence-corrected chi connectivity index (χ0v) is 16.1. The number of hydrogen-bond acceptors (Lipinski definition) is 4. The van der Waals surface area contributed by atoms with Gasteiger partial charge in [-0.1, -0.05) is 29.8 Å². The highest BCUT2D eigenvalue weighted by Gasteiger charge is 2.40. The van der Waals surface area contributed by atoms with Gasteiger partial charge in [-0.25, -0.2) is 0 Å². The molecular formula is C20H25ClN2O4. The van der Waals surface area contributed by atoms with Crippen molar-refractivity contribution in [1.82, 2.24) is 10.6 Å². The van der Waals surface area contributed by atoms with Gasteiger partial charge in [0.15, 0.2) is 5.76 Å². The number of methoxy groups -OCH3 is 1. The highest BCUT2D eigenvalue weighted by molar-refractivity contribution is 6.32. The lowest BCUT2D eigenvalue weighted by molar-refractivity contribution is -0.134. The van der Waals surface area contributed by atoms with E-state index >= 15 is 0 Å². The number of fused-ring (bicyclic) bond motifs is 1. The van der Waals surface area contributed by atoms with Gasteiger partial charge in [0.05, 0.1) is 6.04 Å². The third-order valence-electron chi connectivity index (χ3n) is 4.99. The number of halogens is 1. The third-order valence-corrected chi connectivity index (χ3v) is 5.34. The van der Waals surface area contributed by atoms with E-state index in [1.807, 2.05) is 18.2 Å². The summed E-state index contributed by atoms with van der Waals surface area (Å²) in [7, 11) is 1.64. The van der Waals surface area contributed by atoms with Crippen LogP contribution in [0.1, 0.15) is 31.2 Å². The largest absolute Gasteiger partial charge is 0.483 e. The predicted molar refractivity (Wildman–Crippen MR) is 103 cm³/mol. The van der Waals surface area contributed by atoms with Crippen LogP contribution < -0.4 is 10.6 Å². The van der Waals surface area contributed by atoms with E-state index in [0.717, 1.165) is 24.8 Å². The second-order valence-electron chi connectivity index (χ2n) is 6.91. The van der Waals surface area contributed by atoms with Crippen LogP contribution in [0.5, 0.6) is 0 Å². The first-order valence-electron chi connectivity index (χ1n) is 9.29. The van der Waals surface area contributed by atoms with Crippen molar-refractivity contribution in [2.24, 2.45) is 5.92 Å². The Labute approximate surface area is 164 Å². The Bertz CT molecular complexity index is 722. The Hall–Kier alpha value is -2.05. The van der Waals surface area contributed by atoms with Crippen LogP contribution in [0.15, 0.2) is 30.0 Å². The first kappa shape index (κ1) is 19.7. The van der Waals surface area contributed by atoms with Crippen LogP contribution in [0, 0.1) is 5.92 Å². The van der Waals surface area contributed by atoms with Crippen LogP contribution in [0.2, 0.25) is 5.02 Å². The van der Waals surface area contributed by atoms with Gasteiger partial charge in [-0.3, -0.25) is 9.59 Å². The highest BCUT2D eigenvalue weighted by Crippen LogP contribution is 2.32. The maximum Gasteiger partial charge on any atom is 0.286 e. The molecular weight excluding hydrogens is 368 g/mol. The Kier molecular flexibility index (Phi) is 6.74. The Morgan fingerprint density at radius 3 is 3.00 bits per heavy atom. The van der Waals surface area contributed by atoms with Crippen LogP contribution >= 0.6 is 11.6 Å². The first-order valence-corrected chi connectivity index (χ1v) is 9.66. The second-order valence-corrected chi connectivity index (χ2v) is 7.32. The van der Waals surface area contributed by atoms with E-state index in [0.29, 0.717) is 24.6 Å². The molecule has 2 fully saturated rings. The summed E-state index contributed by atoms with van der Waals surface area (Å²) < 4.78 is 10.9. The van der Waals surface area contributed by atoms with Gasteiger partial charge in [-0.15, -0.1) is 0 Å². The molecule has 146 valence electrons. The van der Waals surface area contributed by atoms with Gasteiger partial charge in [0.2, 0.25) is 5.91 Å². The lowest BCUT2D eigenvalue weighted by Gasteiger charge is -2.39. The smallest absolute Gasteiger partial charge is 0.286 e. The van der Waals surface area contributed by atoms with Crippen LogP contribution in [-0.2, 0) is 19.1 Å². The average Bonchev–Trinajstić information content (AvgIpc) is 2.67. The molecule has 1 aliphatic heterocycles. The number of carbonyl (C=O) groups excluding carboxylic acids is 2. The maximum atomic E-state index is 12.4. The molecule has 1 aromatic rings. The van der Waals surface area contributed by atoms with Gasteiger partial charge >= 0.3 is 0 Å². The third kappa shape index (κ3) is 5.02. The van der Waals surface area contributed by atoms with Crippen molar-refractivity contribution in [2.75, 3.05) is 20.3 Å². The minimum Gasteiger partial charge on any atom is -0.483 e. The molecule has 2 amide bonds. The highest BCUT2D eigenvalue weighted by atomic mass is 35.5. The number of morpholine rings is 1. The molecule has 1 saturated carbocycles. The Morgan fingerprint density at radius 2 is 2.22 bits per heavy atom. The molecule has 0 bridgehead atoms. The van der Waals surface area contributed by atoms with E-state index in [1.54, 1.807) is 19.3 Å². The molecule has 3 rings (SSSR count). The molecule has 3 unspecified atom stereocenters. The Balaban J connectivity index is 1.58. The van der Waals surface area contributed by atoms with Crippen LogP contribution in [0.4, 0.5) is 0 Å². The number of benzene rings is 1. The lowest BCUT2D eigenvalue weighted by Crippen LogP contribution is -2.54. The first-order chi connectivity index (χ1) is 13.1. The van der Waals surface area contributed by atoms with Crippen LogP contribution in [0.25, 0.3) is 6.08 Å². The van der Waals surface area contributed by atoms with Crippen molar-refractivity contribution in [3.05, 3.63) is 40.6 Å². The van der Waals surface area contributed by atoms with E-state index < -0.39 is 0 Å². The van der Waals surface area contributed by atoms with Gasteiger partial charge in [0.25, 0.3) is 5.91 Å². The molecule has 1 aromatic carbocycles. The molecule has 6 nitrogen and oxygen atoms in total. The fraction of sp³-hybridized carbons (Fsp3) is 0.500. The van der Waals surface area contributed by atoms with Crippen molar-refractivity contribution >= 4 is 29.5 Å². The van der Waals surface area contributed by atoms with Gasteiger partial charge in [0.1, 0.15) is 6.10 Å².